The van der Waals surface area contributed by atoms with E-state index in [9.17, 15) is 9.90 Å². The van der Waals surface area contributed by atoms with Gasteiger partial charge in [0.15, 0.2) is 0 Å². The summed E-state index contributed by atoms with van der Waals surface area (Å²) >= 11 is 0. The summed E-state index contributed by atoms with van der Waals surface area (Å²) in [6.07, 6.45) is 1.70. The maximum atomic E-state index is 12.3. The monoisotopic (exact) mass is 256 g/mol. The van der Waals surface area contributed by atoms with Crippen molar-refractivity contribution in [2.45, 2.75) is 13.5 Å². The lowest BCUT2D eigenvalue weighted by molar-refractivity contribution is 0.0782. The molecule has 0 atom stereocenters. The Kier molecular flexibility index (Phi) is 3.80. The summed E-state index contributed by atoms with van der Waals surface area (Å²) in [5.41, 5.74) is 1.94. The molecule has 0 spiro atoms. The number of aromatic nitrogens is 1. The summed E-state index contributed by atoms with van der Waals surface area (Å²) < 4.78 is 0. The van der Waals surface area contributed by atoms with Gasteiger partial charge < -0.3 is 10.0 Å². The maximum Gasteiger partial charge on any atom is 0.254 e. The zero-order valence-corrected chi connectivity index (χ0v) is 11.0. The van der Waals surface area contributed by atoms with Crippen LogP contribution < -0.4 is 0 Å². The first kappa shape index (κ1) is 13.1. The van der Waals surface area contributed by atoms with E-state index in [4.69, 9.17) is 0 Å². The first-order chi connectivity index (χ1) is 9.09. The lowest BCUT2D eigenvalue weighted by atomic mass is 10.1. The van der Waals surface area contributed by atoms with Crippen LogP contribution in [-0.2, 0) is 6.54 Å². The van der Waals surface area contributed by atoms with Gasteiger partial charge in [-0.2, -0.15) is 0 Å². The number of hydrogen-bond acceptors (Lipinski definition) is 3. The van der Waals surface area contributed by atoms with Crippen LogP contribution in [0.25, 0.3) is 0 Å². The van der Waals surface area contributed by atoms with E-state index >= 15 is 0 Å². The molecule has 0 unspecified atom stereocenters. The van der Waals surface area contributed by atoms with Gasteiger partial charge in [-0.25, -0.2) is 0 Å². The molecule has 0 aliphatic rings. The van der Waals surface area contributed by atoms with Crippen molar-refractivity contribution in [2.24, 2.45) is 0 Å². The Labute approximate surface area is 112 Å². The normalized spacial score (nSPS) is 10.2. The van der Waals surface area contributed by atoms with Crippen molar-refractivity contribution in [1.29, 1.82) is 0 Å². The Hall–Kier alpha value is -2.36. The van der Waals surface area contributed by atoms with Crippen molar-refractivity contribution in [3.05, 3.63) is 59.4 Å². The van der Waals surface area contributed by atoms with E-state index in [0.717, 1.165) is 5.69 Å². The van der Waals surface area contributed by atoms with Gasteiger partial charge in [0.2, 0.25) is 0 Å². The lowest BCUT2D eigenvalue weighted by Gasteiger charge is -2.18. The molecule has 1 aromatic heterocycles. The van der Waals surface area contributed by atoms with E-state index in [1.165, 1.54) is 0 Å². The topological polar surface area (TPSA) is 53.4 Å². The molecule has 2 rings (SSSR count). The molecule has 0 radical (unpaired) electrons. The second kappa shape index (κ2) is 5.52. The molecule has 1 N–H and O–H groups in total. The Bertz CT molecular complexity index is 582. The van der Waals surface area contributed by atoms with Crippen molar-refractivity contribution >= 4 is 5.91 Å². The summed E-state index contributed by atoms with van der Waals surface area (Å²) in [5.74, 6) is 0.0103. The van der Waals surface area contributed by atoms with Crippen molar-refractivity contribution in [3.63, 3.8) is 0 Å². The van der Waals surface area contributed by atoms with Gasteiger partial charge in [0.05, 0.1) is 12.2 Å². The van der Waals surface area contributed by atoms with Crippen molar-refractivity contribution in [3.8, 4) is 5.75 Å². The van der Waals surface area contributed by atoms with Gasteiger partial charge in [0.25, 0.3) is 5.91 Å². The van der Waals surface area contributed by atoms with E-state index in [1.807, 2.05) is 18.2 Å². The number of nitrogens with zero attached hydrogens (tertiary/aromatic N) is 2. The Morgan fingerprint density at radius 2 is 2.05 bits per heavy atom. The quantitative estimate of drug-likeness (QED) is 0.917. The highest BCUT2D eigenvalue weighted by atomic mass is 16.3. The van der Waals surface area contributed by atoms with Crippen molar-refractivity contribution in [1.82, 2.24) is 9.88 Å². The minimum absolute atomic E-state index is 0.126. The van der Waals surface area contributed by atoms with E-state index in [2.05, 4.69) is 4.98 Å². The van der Waals surface area contributed by atoms with Crippen LogP contribution in [0.15, 0.2) is 42.6 Å². The summed E-state index contributed by atoms with van der Waals surface area (Å²) in [4.78, 5) is 18.1. The number of amides is 1. The summed E-state index contributed by atoms with van der Waals surface area (Å²) in [7, 11) is 1.72. The average molecular weight is 256 g/mol. The predicted molar refractivity (Wildman–Crippen MR) is 72.9 cm³/mol. The first-order valence-corrected chi connectivity index (χ1v) is 6.03. The van der Waals surface area contributed by atoms with Crippen LogP contribution in [0.1, 0.15) is 21.6 Å². The number of benzene rings is 1. The van der Waals surface area contributed by atoms with Crippen LogP contribution >= 0.6 is 0 Å². The number of aromatic hydroxyl groups is 1. The smallest absolute Gasteiger partial charge is 0.254 e. The van der Waals surface area contributed by atoms with Gasteiger partial charge in [-0.3, -0.25) is 9.78 Å². The van der Waals surface area contributed by atoms with Gasteiger partial charge in [-0.15, -0.1) is 0 Å². The average Bonchev–Trinajstić information content (AvgIpc) is 2.42. The number of carbonyl (C=O) groups excluding carboxylic acids is 1. The number of phenolic OH excluding ortho intramolecular Hbond substituents is 1. The Balaban J connectivity index is 2.18. The molecular formula is C15H16N2O2. The number of rotatable bonds is 3. The maximum absolute atomic E-state index is 12.3. The molecule has 1 amide bonds. The third kappa shape index (κ3) is 2.91. The van der Waals surface area contributed by atoms with E-state index in [-0.39, 0.29) is 11.7 Å². The molecule has 1 aromatic carbocycles. The summed E-state index contributed by atoms with van der Waals surface area (Å²) in [6.45, 7) is 2.17. The Morgan fingerprint density at radius 1 is 1.26 bits per heavy atom. The highest BCUT2D eigenvalue weighted by Gasteiger charge is 2.16. The second-order valence-electron chi connectivity index (χ2n) is 4.43. The fourth-order valence-electron chi connectivity index (χ4n) is 1.87. The summed E-state index contributed by atoms with van der Waals surface area (Å²) in [6, 6.07) is 10.6. The highest BCUT2D eigenvalue weighted by molar-refractivity contribution is 5.96. The summed E-state index contributed by atoms with van der Waals surface area (Å²) in [5, 5.41) is 9.64. The molecule has 4 heteroatoms. The zero-order valence-electron chi connectivity index (χ0n) is 11.0. The molecule has 1 heterocycles. The van der Waals surface area contributed by atoms with E-state index in [1.54, 1.807) is 43.3 Å². The van der Waals surface area contributed by atoms with Gasteiger partial charge in [-0.05, 0) is 31.2 Å². The third-order valence-electron chi connectivity index (χ3n) is 3.01. The van der Waals surface area contributed by atoms with Gasteiger partial charge in [0, 0.05) is 24.4 Å². The predicted octanol–water partition coefficient (Wildman–Crippen LogP) is 2.37. The lowest BCUT2D eigenvalue weighted by Crippen LogP contribution is -2.27. The minimum atomic E-state index is -0.126. The molecule has 0 saturated heterocycles. The zero-order chi connectivity index (χ0) is 13.8. The fourth-order valence-corrected chi connectivity index (χ4v) is 1.87. The minimum Gasteiger partial charge on any atom is -0.508 e. The van der Waals surface area contributed by atoms with Crippen LogP contribution in [0.5, 0.6) is 5.75 Å². The number of carbonyl (C=O) groups is 1. The number of phenols is 1. The molecule has 2 aromatic rings. The molecule has 0 fully saturated rings. The molecular weight excluding hydrogens is 240 g/mol. The van der Waals surface area contributed by atoms with Gasteiger partial charge in [-0.1, -0.05) is 12.1 Å². The fraction of sp³-hybridized carbons (Fsp3) is 0.200. The van der Waals surface area contributed by atoms with E-state index in [0.29, 0.717) is 17.7 Å². The molecule has 4 nitrogen and oxygen atoms in total. The molecule has 98 valence electrons. The van der Waals surface area contributed by atoms with Crippen molar-refractivity contribution in [2.75, 3.05) is 7.05 Å². The highest BCUT2D eigenvalue weighted by Crippen LogP contribution is 2.20. The van der Waals surface area contributed by atoms with Gasteiger partial charge in [0.1, 0.15) is 5.75 Å². The largest absolute Gasteiger partial charge is 0.508 e. The van der Waals surface area contributed by atoms with Crippen LogP contribution in [0, 0.1) is 6.92 Å². The van der Waals surface area contributed by atoms with E-state index < -0.39 is 0 Å². The molecule has 0 bridgehead atoms. The Morgan fingerprint density at radius 3 is 2.74 bits per heavy atom. The van der Waals surface area contributed by atoms with Crippen LogP contribution in [-0.4, -0.2) is 27.9 Å². The molecule has 0 aliphatic carbocycles. The second-order valence-corrected chi connectivity index (χ2v) is 4.43. The van der Waals surface area contributed by atoms with Crippen LogP contribution in [0.2, 0.25) is 0 Å². The number of pyridine rings is 1. The van der Waals surface area contributed by atoms with Crippen molar-refractivity contribution < 1.29 is 9.90 Å². The molecule has 19 heavy (non-hydrogen) atoms. The van der Waals surface area contributed by atoms with Crippen LogP contribution in [0.3, 0.4) is 0 Å². The molecule has 0 saturated carbocycles. The SMILES string of the molecule is Cc1c(O)cccc1C(=O)N(C)Cc1ccccn1. The van der Waals surface area contributed by atoms with Crippen LogP contribution in [0.4, 0.5) is 0 Å². The number of hydrogen-bond donors (Lipinski definition) is 1. The first-order valence-electron chi connectivity index (χ1n) is 6.03. The molecule has 0 aliphatic heterocycles. The third-order valence-corrected chi connectivity index (χ3v) is 3.01. The van der Waals surface area contributed by atoms with Gasteiger partial charge >= 0.3 is 0 Å². The standard InChI is InChI=1S/C15H16N2O2/c1-11-13(7-5-8-14(11)18)15(19)17(2)10-12-6-3-4-9-16-12/h3-9,18H,10H2,1-2H3.